The van der Waals surface area contributed by atoms with Crippen LogP contribution in [0.1, 0.15) is 17.3 Å². The van der Waals surface area contributed by atoms with Crippen LogP contribution in [0.3, 0.4) is 0 Å². The maximum atomic E-state index is 12.6. The van der Waals surface area contributed by atoms with Crippen molar-refractivity contribution in [3.63, 3.8) is 0 Å². The minimum Gasteiger partial charge on any atom is -0.497 e. The van der Waals surface area contributed by atoms with Crippen LogP contribution in [-0.4, -0.2) is 68.1 Å². The summed E-state index contributed by atoms with van der Waals surface area (Å²) in [4.78, 5) is 29.0. The molecule has 2 aromatic carbocycles. The Morgan fingerprint density at radius 2 is 1.52 bits per heavy atom. The standard InChI is InChI=1S/C22H27N3O4/c1-16(29-20-10-8-19(28-3)9-11-20)21(26)23-18-6-4-17(5-7-18)22(27)25-14-12-24(2)13-15-25/h4-11,16H,12-15H2,1-3H3,(H,23,26). The number of hydrogen-bond acceptors (Lipinski definition) is 5. The van der Waals surface area contributed by atoms with Gasteiger partial charge < -0.3 is 24.6 Å². The Balaban J connectivity index is 1.54. The molecule has 1 aliphatic rings. The van der Waals surface area contributed by atoms with Gasteiger partial charge in [-0.1, -0.05) is 0 Å². The lowest BCUT2D eigenvalue weighted by Gasteiger charge is -2.32. The zero-order chi connectivity index (χ0) is 20.8. The van der Waals surface area contributed by atoms with Crippen LogP contribution in [0.15, 0.2) is 48.5 Å². The summed E-state index contributed by atoms with van der Waals surface area (Å²) in [5, 5.41) is 2.82. The average molecular weight is 397 g/mol. The van der Waals surface area contributed by atoms with Crippen LogP contribution in [-0.2, 0) is 4.79 Å². The summed E-state index contributed by atoms with van der Waals surface area (Å²) in [5.41, 5.74) is 1.24. The molecule has 154 valence electrons. The number of rotatable bonds is 6. The van der Waals surface area contributed by atoms with Crippen molar-refractivity contribution in [3.8, 4) is 11.5 Å². The number of nitrogens with one attached hydrogen (secondary N) is 1. The Labute approximate surface area is 171 Å². The fourth-order valence-corrected chi connectivity index (χ4v) is 3.04. The van der Waals surface area contributed by atoms with Crippen molar-refractivity contribution in [2.45, 2.75) is 13.0 Å². The van der Waals surface area contributed by atoms with Gasteiger partial charge in [0, 0.05) is 37.4 Å². The maximum Gasteiger partial charge on any atom is 0.265 e. The molecule has 0 bridgehead atoms. The minimum atomic E-state index is -0.671. The third-order valence-corrected chi connectivity index (χ3v) is 4.93. The summed E-state index contributed by atoms with van der Waals surface area (Å²) in [6, 6.07) is 14.0. The number of benzene rings is 2. The van der Waals surface area contributed by atoms with Gasteiger partial charge in [-0.25, -0.2) is 0 Å². The lowest BCUT2D eigenvalue weighted by atomic mass is 10.1. The molecule has 2 aromatic rings. The summed E-state index contributed by atoms with van der Waals surface area (Å²) in [6.07, 6.45) is -0.671. The highest BCUT2D eigenvalue weighted by molar-refractivity contribution is 5.97. The molecule has 0 radical (unpaired) electrons. The van der Waals surface area contributed by atoms with Gasteiger partial charge in [0.25, 0.3) is 11.8 Å². The lowest BCUT2D eigenvalue weighted by molar-refractivity contribution is -0.122. The van der Waals surface area contributed by atoms with Gasteiger partial charge in [0.05, 0.1) is 7.11 Å². The van der Waals surface area contributed by atoms with Crippen LogP contribution in [0, 0.1) is 0 Å². The van der Waals surface area contributed by atoms with Crippen LogP contribution < -0.4 is 14.8 Å². The van der Waals surface area contributed by atoms with Gasteiger partial charge in [0.1, 0.15) is 11.5 Å². The zero-order valence-electron chi connectivity index (χ0n) is 17.1. The topological polar surface area (TPSA) is 71.1 Å². The van der Waals surface area contributed by atoms with E-state index in [0.29, 0.717) is 17.0 Å². The highest BCUT2D eigenvalue weighted by Gasteiger charge is 2.20. The molecular formula is C22H27N3O4. The molecule has 1 aliphatic heterocycles. The predicted molar refractivity (Wildman–Crippen MR) is 112 cm³/mol. The van der Waals surface area contributed by atoms with Gasteiger partial charge in [-0.3, -0.25) is 9.59 Å². The number of likely N-dealkylation sites (N-methyl/N-ethyl adjacent to an activating group) is 1. The van der Waals surface area contributed by atoms with Crippen molar-refractivity contribution >= 4 is 17.5 Å². The number of methoxy groups -OCH3 is 1. The molecule has 29 heavy (non-hydrogen) atoms. The number of ether oxygens (including phenoxy) is 2. The van der Waals surface area contributed by atoms with E-state index in [1.165, 1.54) is 0 Å². The first-order chi connectivity index (χ1) is 14.0. The third kappa shape index (κ3) is 5.48. The SMILES string of the molecule is COc1ccc(OC(C)C(=O)Nc2ccc(C(=O)N3CCN(C)CC3)cc2)cc1. The fraction of sp³-hybridized carbons (Fsp3) is 0.364. The second-order valence-corrected chi connectivity index (χ2v) is 7.10. The molecule has 1 saturated heterocycles. The van der Waals surface area contributed by atoms with E-state index >= 15 is 0 Å². The van der Waals surface area contributed by atoms with Gasteiger partial charge in [-0.2, -0.15) is 0 Å². The molecular weight excluding hydrogens is 370 g/mol. The van der Waals surface area contributed by atoms with E-state index in [0.717, 1.165) is 31.9 Å². The molecule has 0 aliphatic carbocycles. The van der Waals surface area contributed by atoms with Gasteiger partial charge >= 0.3 is 0 Å². The molecule has 1 N–H and O–H groups in total. The number of nitrogens with zero attached hydrogens (tertiary/aromatic N) is 2. The van der Waals surface area contributed by atoms with Crippen LogP contribution in [0.5, 0.6) is 11.5 Å². The first-order valence-electron chi connectivity index (χ1n) is 9.65. The molecule has 1 unspecified atom stereocenters. The first kappa shape index (κ1) is 20.7. The number of anilines is 1. The summed E-state index contributed by atoms with van der Waals surface area (Å²) in [5.74, 6) is 1.06. The Morgan fingerprint density at radius 3 is 2.10 bits per heavy atom. The quantitative estimate of drug-likeness (QED) is 0.811. The second-order valence-electron chi connectivity index (χ2n) is 7.10. The molecule has 2 amide bonds. The molecule has 3 rings (SSSR count). The van der Waals surface area contributed by atoms with Crippen molar-refractivity contribution in [3.05, 3.63) is 54.1 Å². The molecule has 7 nitrogen and oxygen atoms in total. The van der Waals surface area contributed by atoms with Crippen molar-refractivity contribution in [2.75, 3.05) is 45.7 Å². The van der Waals surface area contributed by atoms with Gasteiger partial charge in [0.2, 0.25) is 0 Å². The Morgan fingerprint density at radius 1 is 0.931 bits per heavy atom. The lowest BCUT2D eigenvalue weighted by Crippen LogP contribution is -2.47. The molecule has 1 fully saturated rings. The summed E-state index contributed by atoms with van der Waals surface area (Å²) in [6.45, 7) is 4.91. The Hall–Kier alpha value is -3.06. The van der Waals surface area contributed by atoms with Crippen molar-refractivity contribution < 1.29 is 19.1 Å². The maximum absolute atomic E-state index is 12.6. The van der Waals surface area contributed by atoms with E-state index < -0.39 is 6.10 Å². The Kier molecular flexibility index (Phi) is 6.72. The van der Waals surface area contributed by atoms with Gasteiger partial charge in [0.15, 0.2) is 6.10 Å². The highest BCUT2D eigenvalue weighted by atomic mass is 16.5. The van der Waals surface area contributed by atoms with E-state index in [4.69, 9.17) is 9.47 Å². The summed E-state index contributed by atoms with van der Waals surface area (Å²) in [7, 11) is 3.65. The highest BCUT2D eigenvalue weighted by Crippen LogP contribution is 2.19. The third-order valence-electron chi connectivity index (χ3n) is 4.93. The number of carbonyl (C=O) groups excluding carboxylic acids is 2. The molecule has 7 heteroatoms. The average Bonchev–Trinajstić information content (AvgIpc) is 2.75. The zero-order valence-corrected chi connectivity index (χ0v) is 17.1. The fourth-order valence-electron chi connectivity index (χ4n) is 3.04. The minimum absolute atomic E-state index is 0.0205. The largest absolute Gasteiger partial charge is 0.497 e. The monoisotopic (exact) mass is 397 g/mol. The van der Waals surface area contributed by atoms with Crippen molar-refractivity contribution in [2.24, 2.45) is 0 Å². The summed E-state index contributed by atoms with van der Waals surface area (Å²) < 4.78 is 10.8. The number of piperazine rings is 1. The Bertz CT molecular complexity index is 828. The van der Waals surface area contributed by atoms with Crippen LogP contribution in [0.25, 0.3) is 0 Å². The normalized spacial score (nSPS) is 15.5. The van der Waals surface area contributed by atoms with E-state index in [2.05, 4.69) is 17.3 Å². The van der Waals surface area contributed by atoms with Crippen LogP contribution in [0.4, 0.5) is 5.69 Å². The first-order valence-corrected chi connectivity index (χ1v) is 9.65. The van der Waals surface area contributed by atoms with E-state index in [-0.39, 0.29) is 11.8 Å². The summed E-state index contributed by atoms with van der Waals surface area (Å²) >= 11 is 0. The number of hydrogen-bond donors (Lipinski definition) is 1. The molecule has 0 saturated carbocycles. The molecule has 0 spiro atoms. The van der Waals surface area contributed by atoms with Crippen LogP contribution >= 0.6 is 0 Å². The van der Waals surface area contributed by atoms with E-state index in [1.54, 1.807) is 62.6 Å². The van der Waals surface area contributed by atoms with Crippen molar-refractivity contribution in [1.29, 1.82) is 0 Å². The second kappa shape index (κ2) is 9.43. The number of amides is 2. The predicted octanol–water partition coefficient (Wildman–Crippen LogP) is 2.49. The van der Waals surface area contributed by atoms with E-state index in [9.17, 15) is 9.59 Å². The molecule has 1 heterocycles. The van der Waals surface area contributed by atoms with E-state index in [1.807, 2.05) is 4.90 Å². The smallest absolute Gasteiger partial charge is 0.265 e. The molecule has 0 aromatic heterocycles. The number of carbonyl (C=O) groups is 2. The molecule has 1 atom stereocenters. The van der Waals surface area contributed by atoms with Crippen molar-refractivity contribution in [1.82, 2.24) is 9.80 Å². The van der Waals surface area contributed by atoms with Crippen LogP contribution in [0.2, 0.25) is 0 Å². The van der Waals surface area contributed by atoms with Gasteiger partial charge in [-0.05, 0) is 62.5 Å². The van der Waals surface area contributed by atoms with Gasteiger partial charge in [-0.15, -0.1) is 0 Å².